The summed E-state index contributed by atoms with van der Waals surface area (Å²) in [5.74, 6) is 0.987. The summed E-state index contributed by atoms with van der Waals surface area (Å²) >= 11 is 0. The van der Waals surface area contributed by atoms with Crippen molar-refractivity contribution in [2.45, 2.75) is 56.7 Å². The van der Waals surface area contributed by atoms with E-state index >= 15 is 0 Å². The molecule has 2 heterocycles. The van der Waals surface area contributed by atoms with Gasteiger partial charge in [0.2, 0.25) is 5.91 Å². The van der Waals surface area contributed by atoms with Crippen LogP contribution in [0.3, 0.4) is 0 Å². The molecule has 1 atom stereocenters. The first kappa shape index (κ1) is 17.0. The molecule has 1 aliphatic carbocycles. The molecule has 0 unspecified atom stereocenters. The van der Waals surface area contributed by atoms with Gasteiger partial charge in [-0.2, -0.15) is 0 Å². The Balaban J connectivity index is 1.25. The van der Waals surface area contributed by atoms with Crippen LogP contribution >= 0.6 is 0 Å². The second kappa shape index (κ2) is 7.08. The van der Waals surface area contributed by atoms with Crippen LogP contribution in [0.1, 0.15) is 44.1 Å². The molecule has 4 rings (SSSR count). The van der Waals surface area contributed by atoms with Gasteiger partial charge in [0.05, 0.1) is 19.7 Å². The smallest absolute Gasteiger partial charge is 0.223 e. The molecular formula is C21H30N2O2. The monoisotopic (exact) mass is 342 g/mol. The van der Waals surface area contributed by atoms with Gasteiger partial charge in [-0.1, -0.05) is 43.2 Å². The molecule has 1 saturated carbocycles. The molecule has 1 amide bonds. The highest BCUT2D eigenvalue weighted by Crippen LogP contribution is 2.38. The van der Waals surface area contributed by atoms with E-state index in [0.29, 0.717) is 17.9 Å². The normalized spacial score (nSPS) is 25.7. The molecule has 1 aromatic carbocycles. The summed E-state index contributed by atoms with van der Waals surface area (Å²) in [5.41, 5.74) is 1.27. The molecule has 136 valence electrons. The summed E-state index contributed by atoms with van der Waals surface area (Å²) in [7, 11) is 2.18. The van der Waals surface area contributed by atoms with Gasteiger partial charge in [-0.25, -0.2) is 0 Å². The molecule has 25 heavy (non-hydrogen) atoms. The highest BCUT2D eigenvalue weighted by atomic mass is 16.5. The van der Waals surface area contributed by atoms with E-state index in [4.69, 9.17) is 4.74 Å². The van der Waals surface area contributed by atoms with E-state index in [1.807, 2.05) is 4.90 Å². The Morgan fingerprint density at radius 3 is 2.68 bits per heavy atom. The SMILES string of the molecule is CN(Cc1ccccc1)[C@@H]1COC2(C1)CN(C(=O)CC1CCCC1)C2. The van der Waals surface area contributed by atoms with Crippen LogP contribution in [0.25, 0.3) is 0 Å². The number of ether oxygens (including phenoxy) is 1. The fraction of sp³-hybridized carbons (Fsp3) is 0.667. The Kier molecular flexibility index (Phi) is 4.83. The first-order chi connectivity index (χ1) is 12.1. The summed E-state index contributed by atoms with van der Waals surface area (Å²) < 4.78 is 6.16. The fourth-order valence-corrected chi connectivity index (χ4v) is 4.74. The zero-order valence-electron chi connectivity index (χ0n) is 15.3. The topological polar surface area (TPSA) is 32.8 Å². The van der Waals surface area contributed by atoms with Crippen molar-refractivity contribution in [2.75, 3.05) is 26.7 Å². The molecule has 1 aromatic rings. The van der Waals surface area contributed by atoms with Gasteiger partial charge >= 0.3 is 0 Å². The Hall–Kier alpha value is -1.39. The number of likely N-dealkylation sites (N-methyl/N-ethyl adjacent to an activating group) is 1. The molecule has 3 fully saturated rings. The van der Waals surface area contributed by atoms with Crippen molar-refractivity contribution in [3.63, 3.8) is 0 Å². The molecule has 0 aromatic heterocycles. The second-order valence-corrected chi connectivity index (χ2v) is 8.36. The highest BCUT2D eigenvalue weighted by Gasteiger charge is 2.51. The minimum Gasteiger partial charge on any atom is -0.370 e. The van der Waals surface area contributed by atoms with Crippen LogP contribution in [0, 0.1) is 5.92 Å². The van der Waals surface area contributed by atoms with Crippen molar-refractivity contribution >= 4 is 5.91 Å². The van der Waals surface area contributed by atoms with Crippen molar-refractivity contribution in [3.05, 3.63) is 35.9 Å². The third-order valence-electron chi connectivity index (χ3n) is 6.34. The lowest BCUT2D eigenvalue weighted by atomic mass is 9.88. The van der Waals surface area contributed by atoms with Crippen molar-refractivity contribution < 1.29 is 9.53 Å². The third-order valence-corrected chi connectivity index (χ3v) is 6.34. The van der Waals surface area contributed by atoms with Crippen LogP contribution in [0.4, 0.5) is 0 Å². The van der Waals surface area contributed by atoms with E-state index in [1.165, 1.54) is 31.2 Å². The van der Waals surface area contributed by atoms with Crippen LogP contribution in [-0.2, 0) is 16.1 Å². The van der Waals surface area contributed by atoms with Gasteiger partial charge < -0.3 is 9.64 Å². The van der Waals surface area contributed by atoms with E-state index < -0.39 is 0 Å². The molecule has 2 aliphatic heterocycles. The zero-order valence-corrected chi connectivity index (χ0v) is 15.3. The van der Waals surface area contributed by atoms with Gasteiger partial charge in [0.25, 0.3) is 0 Å². The van der Waals surface area contributed by atoms with E-state index in [1.54, 1.807) is 0 Å². The van der Waals surface area contributed by atoms with Gasteiger partial charge in [0, 0.05) is 19.0 Å². The summed E-state index contributed by atoms with van der Waals surface area (Å²) in [6, 6.07) is 11.0. The van der Waals surface area contributed by atoms with Gasteiger partial charge in [-0.05, 0) is 37.8 Å². The summed E-state index contributed by atoms with van der Waals surface area (Å²) in [5, 5.41) is 0. The Labute approximate surface area is 151 Å². The van der Waals surface area contributed by atoms with Crippen molar-refractivity contribution in [2.24, 2.45) is 5.92 Å². The minimum atomic E-state index is -0.0685. The molecule has 0 radical (unpaired) electrons. The molecule has 4 heteroatoms. The first-order valence-corrected chi connectivity index (χ1v) is 9.79. The number of benzene rings is 1. The van der Waals surface area contributed by atoms with E-state index in [2.05, 4.69) is 42.3 Å². The van der Waals surface area contributed by atoms with Crippen molar-refractivity contribution in [1.82, 2.24) is 9.80 Å². The van der Waals surface area contributed by atoms with Crippen LogP contribution < -0.4 is 0 Å². The fourth-order valence-electron chi connectivity index (χ4n) is 4.74. The van der Waals surface area contributed by atoms with Gasteiger partial charge in [0.15, 0.2) is 0 Å². The lowest BCUT2D eigenvalue weighted by molar-refractivity contribution is -0.158. The number of nitrogens with zero attached hydrogens (tertiary/aromatic N) is 2. The van der Waals surface area contributed by atoms with Gasteiger partial charge in [-0.15, -0.1) is 0 Å². The number of carbonyl (C=O) groups is 1. The van der Waals surface area contributed by atoms with Crippen molar-refractivity contribution in [3.8, 4) is 0 Å². The Bertz CT molecular complexity index is 591. The first-order valence-electron chi connectivity index (χ1n) is 9.79. The molecule has 1 spiro atoms. The Morgan fingerprint density at radius 2 is 1.96 bits per heavy atom. The molecule has 4 nitrogen and oxygen atoms in total. The third kappa shape index (κ3) is 3.75. The summed E-state index contributed by atoms with van der Waals surface area (Å²) in [6.45, 7) is 3.34. The van der Waals surface area contributed by atoms with Crippen LogP contribution in [0.2, 0.25) is 0 Å². The highest BCUT2D eigenvalue weighted by molar-refractivity contribution is 5.77. The lowest BCUT2D eigenvalue weighted by Crippen LogP contribution is -2.63. The predicted octanol–water partition coefficient (Wildman–Crippen LogP) is 3.07. The average molecular weight is 342 g/mol. The summed E-state index contributed by atoms with van der Waals surface area (Å²) in [6.07, 6.45) is 6.90. The van der Waals surface area contributed by atoms with Crippen LogP contribution in [-0.4, -0.2) is 54.1 Å². The molecule has 0 bridgehead atoms. The standard InChI is InChI=1S/C21H30N2O2/c1-22(13-18-9-3-2-4-10-18)19-12-21(25-14-19)15-23(16-21)20(24)11-17-7-5-6-8-17/h2-4,9-10,17,19H,5-8,11-16H2,1H3/t19-/m0/s1. The average Bonchev–Trinajstić information content (AvgIpc) is 3.23. The van der Waals surface area contributed by atoms with Crippen LogP contribution in [0.5, 0.6) is 0 Å². The van der Waals surface area contributed by atoms with E-state index in [-0.39, 0.29) is 5.60 Å². The van der Waals surface area contributed by atoms with E-state index in [0.717, 1.165) is 39.1 Å². The number of carbonyl (C=O) groups excluding carboxylic acids is 1. The number of hydrogen-bond donors (Lipinski definition) is 0. The predicted molar refractivity (Wildman–Crippen MR) is 98.2 cm³/mol. The number of amides is 1. The molecule has 3 aliphatic rings. The van der Waals surface area contributed by atoms with Gasteiger partial charge in [-0.3, -0.25) is 9.69 Å². The zero-order chi connectivity index (χ0) is 17.3. The number of rotatable bonds is 5. The van der Waals surface area contributed by atoms with Crippen LogP contribution in [0.15, 0.2) is 30.3 Å². The molecular weight excluding hydrogens is 312 g/mol. The minimum absolute atomic E-state index is 0.0685. The lowest BCUT2D eigenvalue weighted by Gasteiger charge is -2.47. The maximum atomic E-state index is 12.4. The molecule has 2 saturated heterocycles. The maximum absolute atomic E-state index is 12.4. The largest absolute Gasteiger partial charge is 0.370 e. The van der Waals surface area contributed by atoms with Crippen molar-refractivity contribution in [1.29, 1.82) is 0 Å². The molecule has 0 N–H and O–H groups in total. The quantitative estimate of drug-likeness (QED) is 0.824. The summed E-state index contributed by atoms with van der Waals surface area (Å²) in [4.78, 5) is 16.9. The second-order valence-electron chi connectivity index (χ2n) is 8.36. The maximum Gasteiger partial charge on any atom is 0.223 e. The number of hydrogen-bond acceptors (Lipinski definition) is 3. The van der Waals surface area contributed by atoms with Gasteiger partial charge in [0.1, 0.15) is 5.60 Å². The number of likely N-dealkylation sites (tertiary alicyclic amines) is 1. The Morgan fingerprint density at radius 1 is 1.24 bits per heavy atom. The van der Waals surface area contributed by atoms with E-state index in [9.17, 15) is 4.79 Å².